The van der Waals surface area contributed by atoms with Gasteiger partial charge in [-0.1, -0.05) is 6.07 Å². The van der Waals surface area contributed by atoms with Gasteiger partial charge in [0.15, 0.2) is 11.5 Å². The predicted molar refractivity (Wildman–Crippen MR) is 99.2 cm³/mol. The van der Waals surface area contributed by atoms with Crippen molar-refractivity contribution in [3.05, 3.63) is 23.8 Å². The second-order valence-electron chi connectivity index (χ2n) is 8.19. The Kier molecular flexibility index (Phi) is 5.04. The first-order valence-electron chi connectivity index (χ1n) is 9.04. The van der Waals surface area contributed by atoms with Gasteiger partial charge >= 0.3 is 0 Å². The highest BCUT2D eigenvalue weighted by molar-refractivity contribution is 5.85. The maximum absolute atomic E-state index is 5.46. The molecule has 134 valence electrons. The second-order valence-corrected chi connectivity index (χ2v) is 8.19. The van der Waals surface area contributed by atoms with E-state index in [-0.39, 0.29) is 12.4 Å². The van der Waals surface area contributed by atoms with E-state index in [9.17, 15) is 0 Å². The quantitative estimate of drug-likeness (QED) is 0.778. The molecule has 0 spiro atoms. The van der Waals surface area contributed by atoms with Crippen LogP contribution < -0.4 is 9.47 Å². The van der Waals surface area contributed by atoms with Crippen LogP contribution in [0.25, 0.3) is 0 Å². The largest absolute Gasteiger partial charge is 0.493 e. The van der Waals surface area contributed by atoms with Crippen molar-refractivity contribution in [2.75, 3.05) is 21.3 Å². The van der Waals surface area contributed by atoms with Gasteiger partial charge in [0, 0.05) is 12.1 Å². The van der Waals surface area contributed by atoms with E-state index in [2.05, 4.69) is 24.1 Å². The first kappa shape index (κ1) is 17.9. The van der Waals surface area contributed by atoms with Crippen molar-refractivity contribution in [3.63, 3.8) is 0 Å². The van der Waals surface area contributed by atoms with Crippen molar-refractivity contribution in [2.24, 2.45) is 17.8 Å². The lowest BCUT2D eigenvalue weighted by atomic mass is 9.52. The molecule has 5 rings (SSSR count). The van der Waals surface area contributed by atoms with E-state index in [1.165, 1.54) is 44.1 Å². The summed E-state index contributed by atoms with van der Waals surface area (Å²) in [6.45, 7) is 1.01. The first-order valence-corrected chi connectivity index (χ1v) is 9.04. The number of rotatable bonds is 5. The summed E-state index contributed by atoms with van der Waals surface area (Å²) in [5.74, 6) is 4.63. The zero-order valence-electron chi connectivity index (χ0n) is 15.1. The molecule has 3 nitrogen and oxygen atoms in total. The van der Waals surface area contributed by atoms with E-state index >= 15 is 0 Å². The standard InChI is InChI=1S/C20H29NO2.ClH/c1-21(13-14-4-5-18(22-2)19(9-14)23-3)20-10-15-6-16(11-20)8-17(7-15)12-20;/h4-5,9,15-17H,6-8,10-13H2,1-3H3;1H. The second kappa shape index (κ2) is 6.76. The molecule has 0 radical (unpaired) electrons. The zero-order valence-corrected chi connectivity index (χ0v) is 15.9. The molecule has 0 N–H and O–H groups in total. The van der Waals surface area contributed by atoms with E-state index in [1.807, 2.05) is 6.07 Å². The van der Waals surface area contributed by atoms with E-state index < -0.39 is 0 Å². The van der Waals surface area contributed by atoms with Gasteiger partial charge in [-0.2, -0.15) is 0 Å². The van der Waals surface area contributed by atoms with Crippen LogP contribution in [0.2, 0.25) is 0 Å². The summed E-state index contributed by atoms with van der Waals surface area (Å²) >= 11 is 0. The Hall–Kier alpha value is -0.930. The van der Waals surface area contributed by atoms with Crippen LogP contribution in [0.15, 0.2) is 18.2 Å². The van der Waals surface area contributed by atoms with Crippen LogP contribution in [-0.4, -0.2) is 31.7 Å². The molecule has 0 unspecified atom stereocenters. The van der Waals surface area contributed by atoms with Crippen LogP contribution in [0.4, 0.5) is 0 Å². The third kappa shape index (κ3) is 3.01. The lowest BCUT2D eigenvalue weighted by Crippen LogP contribution is -2.58. The van der Waals surface area contributed by atoms with Gasteiger partial charge in [0.25, 0.3) is 0 Å². The molecule has 0 amide bonds. The van der Waals surface area contributed by atoms with Gasteiger partial charge in [0.2, 0.25) is 0 Å². The summed E-state index contributed by atoms with van der Waals surface area (Å²) in [4.78, 5) is 2.65. The topological polar surface area (TPSA) is 21.7 Å². The lowest BCUT2D eigenvalue weighted by Gasteiger charge is -2.60. The van der Waals surface area contributed by atoms with Crippen molar-refractivity contribution in [1.29, 1.82) is 0 Å². The summed E-state index contributed by atoms with van der Waals surface area (Å²) in [5, 5.41) is 0. The molecule has 0 aromatic heterocycles. The molecule has 0 saturated heterocycles. The van der Waals surface area contributed by atoms with Gasteiger partial charge in [-0.15, -0.1) is 12.4 Å². The number of hydrogen-bond donors (Lipinski definition) is 0. The fourth-order valence-corrected chi connectivity index (χ4v) is 5.95. The Bertz CT molecular complexity index is 554. The van der Waals surface area contributed by atoms with Gasteiger partial charge in [0.05, 0.1) is 14.2 Å². The van der Waals surface area contributed by atoms with Crippen molar-refractivity contribution < 1.29 is 9.47 Å². The van der Waals surface area contributed by atoms with E-state index in [0.717, 1.165) is 35.8 Å². The molecule has 0 heterocycles. The summed E-state index contributed by atoms with van der Waals surface area (Å²) in [6.07, 6.45) is 8.77. The highest BCUT2D eigenvalue weighted by atomic mass is 35.5. The maximum Gasteiger partial charge on any atom is 0.161 e. The number of nitrogens with zero attached hydrogens (tertiary/aromatic N) is 1. The van der Waals surface area contributed by atoms with Crippen molar-refractivity contribution in [2.45, 2.75) is 50.6 Å². The number of ether oxygens (including phenoxy) is 2. The maximum atomic E-state index is 5.46. The Balaban J connectivity index is 0.00000169. The van der Waals surface area contributed by atoms with Crippen LogP contribution in [0.1, 0.15) is 44.1 Å². The summed E-state index contributed by atoms with van der Waals surface area (Å²) < 4.78 is 10.8. The summed E-state index contributed by atoms with van der Waals surface area (Å²) in [6, 6.07) is 6.34. The third-order valence-electron chi connectivity index (χ3n) is 6.68. The average Bonchev–Trinajstić information content (AvgIpc) is 2.53. The Labute approximate surface area is 152 Å². The Morgan fingerprint density at radius 1 is 0.958 bits per heavy atom. The predicted octanol–water partition coefficient (Wildman–Crippen LogP) is 4.53. The third-order valence-corrected chi connectivity index (χ3v) is 6.68. The molecule has 0 atom stereocenters. The molecular weight excluding hydrogens is 322 g/mol. The van der Waals surface area contributed by atoms with Gasteiger partial charge in [0.1, 0.15) is 0 Å². The van der Waals surface area contributed by atoms with Gasteiger partial charge in [-0.05, 0) is 81.0 Å². The normalized spacial score (nSPS) is 33.4. The van der Waals surface area contributed by atoms with E-state index in [4.69, 9.17) is 9.47 Å². The molecule has 1 aromatic carbocycles. The minimum absolute atomic E-state index is 0. The highest BCUT2D eigenvalue weighted by Crippen LogP contribution is 2.57. The Morgan fingerprint density at radius 2 is 1.50 bits per heavy atom. The highest BCUT2D eigenvalue weighted by Gasteiger charge is 2.52. The molecule has 4 bridgehead atoms. The molecule has 0 aliphatic heterocycles. The summed E-state index contributed by atoms with van der Waals surface area (Å²) in [5.41, 5.74) is 1.78. The molecule has 4 fully saturated rings. The zero-order chi connectivity index (χ0) is 16.0. The van der Waals surface area contributed by atoms with Crippen LogP contribution in [-0.2, 0) is 6.54 Å². The van der Waals surface area contributed by atoms with E-state index in [0.29, 0.717) is 5.54 Å². The van der Waals surface area contributed by atoms with Crippen molar-refractivity contribution >= 4 is 12.4 Å². The number of halogens is 1. The van der Waals surface area contributed by atoms with Crippen LogP contribution in [0.5, 0.6) is 11.5 Å². The number of benzene rings is 1. The first-order chi connectivity index (χ1) is 11.1. The fourth-order valence-electron chi connectivity index (χ4n) is 5.95. The molecule has 24 heavy (non-hydrogen) atoms. The molecular formula is C20H30ClNO2. The average molecular weight is 352 g/mol. The molecule has 4 saturated carbocycles. The molecule has 4 aliphatic carbocycles. The SMILES string of the molecule is COc1ccc(CN(C)C23CC4CC(CC(C4)C2)C3)cc1OC.Cl. The van der Waals surface area contributed by atoms with Gasteiger partial charge in [-0.25, -0.2) is 0 Å². The molecule has 4 heteroatoms. The number of methoxy groups -OCH3 is 2. The minimum atomic E-state index is 0. The molecule has 4 aliphatic rings. The monoisotopic (exact) mass is 351 g/mol. The van der Waals surface area contributed by atoms with Crippen molar-refractivity contribution in [1.82, 2.24) is 4.90 Å². The molecule has 1 aromatic rings. The van der Waals surface area contributed by atoms with Crippen LogP contribution in [0.3, 0.4) is 0 Å². The van der Waals surface area contributed by atoms with E-state index in [1.54, 1.807) is 14.2 Å². The summed E-state index contributed by atoms with van der Waals surface area (Å²) in [7, 11) is 5.74. The van der Waals surface area contributed by atoms with Crippen LogP contribution in [0, 0.1) is 17.8 Å². The van der Waals surface area contributed by atoms with Gasteiger partial charge < -0.3 is 9.47 Å². The van der Waals surface area contributed by atoms with Crippen molar-refractivity contribution in [3.8, 4) is 11.5 Å². The van der Waals surface area contributed by atoms with Gasteiger partial charge in [-0.3, -0.25) is 4.90 Å². The lowest BCUT2D eigenvalue weighted by molar-refractivity contribution is -0.0822. The fraction of sp³-hybridized carbons (Fsp3) is 0.700. The van der Waals surface area contributed by atoms with Crippen LogP contribution >= 0.6 is 12.4 Å². The Morgan fingerprint density at radius 3 is 2.00 bits per heavy atom. The number of hydrogen-bond acceptors (Lipinski definition) is 3. The smallest absolute Gasteiger partial charge is 0.161 e. The minimum Gasteiger partial charge on any atom is -0.493 e.